The van der Waals surface area contributed by atoms with E-state index in [2.05, 4.69) is 43.5 Å². The Balaban J connectivity index is 3.76. The first-order valence-corrected chi connectivity index (χ1v) is 21.7. The molecule has 50 heavy (non-hydrogen) atoms. The summed E-state index contributed by atoms with van der Waals surface area (Å²) in [5.74, 6) is -0.596. The molecule has 0 rings (SSSR count). The van der Waals surface area contributed by atoms with E-state index in [1.807, 2.05) is 0 Å². The van der Waals surface area contributed by atoms with Gasteiger partial charge in [-0.25, -0.2) is 0 Å². The summed E-state index contributed by atoms with van der Waals surface area (Å²) in [4.78, 5) is 12.5. The van der Waals surface area contributed by atoms with E-state index in [1.165, 1.54) is 148 Å². The molecular formula is C44H85NO5. The summed E-state index contributed by atoms with van der Waals surface area (Å²) in [5.41, 5.74) is 0. The fourth-order valence-corrected chi connectivity index (χ4v) is 6.66. The highest BCUT2D eigenvalue weighted by Crippen LogP contribution is 2.16. The van der Waals surface area contributed by atoms with Crippen LogP contribution in [0.3, 0.4) is 0 Å². The third-order valence-corrected chi connectivity index (χ3v) is 10.1. The maximum absolute atomic E-state index is 12.5. The predicted molar refractivity (Wildman–Crippen MR) is 214 cm³/mol. The Morgan fingerprint density at radius 1 is 0.480 bits per heavy atom. The normalized spacial score (nSPS) is 14.4. The number of amides is 1. The smallest absolute Gasteiger partial charge is 0.249 e. The number of unbranched alkanes of at least 4 members (excludes halogenated alkanes) is 26. The van der Waals surface area contributed by atoms with Crippen molar-refractivity contribution in [3.63, 3.8) is 0 Å². The Labute approximate surface area is 310 Å². The second-order valence-electron chi connectivity index (χ2n) is 15.0. The average molecular weight is 708 g/mol. The van der Waals surface area contributed by atoms with E-state index in [0.29, 0.717) is 19.3 Å². The van der Waals surface area contributed by atoms with Gasteiger partial charge in [-0.1, -0.05) is 192 Å². The second kappa shape index (κ2) is 39.0. The third-order valence-electron chi connectivity index (χ3n) is 10.1. The van der Waals surface area contributed by atoms with Crippen molar-refractivity contribution in [2.75, 3.05) is 6.61 Å². The molecule has 0 aliphatic heterocycles. The van der Waals surface area contributed by atoms with Crippen LogP contribution in [0.15, 0.2) is 24.3 Å². The Morgan fingerprint density at radius 2 is 0.840 bits per heavy atom. The minimum absolute atomic E-state index is 0.364. The van der Waals surface area contributed by atoms with E-state index in [1.54, 1.807) is 0 Å². The minimum atomic E-state index is -1.29. The first-order valence-electron chi connectivity index (χ1n) is 21.7. The highest BCUT2D eigenvalue weighted by Gasteiger charge is 2.28. The molecule has 0 aromatic carbocycles. The van der Waals surface area contributed by atoms with Crippen LogP contribution in [0.25, 0.3) is 0 Å². The summed E-state index contributed by atoms with van der Waals surface area (Å²) in [5, 5.41) is 43.6. The number of aliphatic hydroxyl groups is 4. The van der Waals surface area contributed by atoms with Crippen LogP contribution >= 0.6 is 0 Å². The van der Waals surface area contributed by atoms with Gasteiger partial charge in [-0.05, 0) is 51.4 Å². The molecule has 0 radical (unpaired) electrons. The predicted octanol–water partition coefficient (Wildman–Crippen LogP) is 11.2. The Hall–Kier alpha value is -1.21. The van der Waals surface area contributed by atoms with Gasteiger partial charge in [0.1, 0.15) is 12.2 Å². The van der Waals surface area contributed by atoms with Crippen molar-refractivity contribution in [1.82, 2.24) is 5.32 Å². The molecule has 0 aromatic heterocycles. The molecule has 0 saturated heterocycles. The van der Waals surface area contributed by atoms with Gasteiger partial charge in [-0.2, -0.15) is 0 Å². The maximum Gasteiger partial charge on any atom is 0.249 e. The van der Waals surface area contributed by atoms with Crippen molar-refractivity contribution in [3.05, 3.63) is 24.3 Å². The van der Waals surface area contributed by atoms with E-state index in [0.717, 1.165) is 38.5 Å². The molecule has 0 aliphatic carbocycles. The van der Waals surface area contributed by atoms with E-state index >= 15 is 0 Å². The van der Waals surface area contributed by atoms with E-state index in [-0.39, 0.29) is 0 Å². The maximum atomic E-state index is 12.5. The van der Waals surface area contributed by atoms with Gasteiger partial charge in [0.05, 0.1) is 18.8 Å². The Morgan fingerprint density at radius 3 is 1.26 bits per heavy atom. The van der Waals surface area contributed by atoms with Crippen molar-refractivity contribution in [2.45, 2.75) is 244 Å². The van der Waals surface area contributed by atoms with Gasteiger partial charge in [0.25, 0.3) is 0 Å². The lowest BCUT2D eigenvalue weighted by Crippen LogP contribution is -2.53. The fourth-order valence-electron chi connectivity index (χ4n) is 6.66. The number of allylic oxidation sites excluding steroid dienone is 4. The number of carbonyl (C=O) groups excluding carboxylic acids is 1. The van der Waals surface area contributed by atoms with Crippen molar-refractivity contribution < 1.29 is 25.2 Å². The van der Waals surface area contributed by atoms with Crippen LogP contribution in [0.4, 0.5) is 0 Å². The molecule has 6 nitrogen and oxygen atoms in total. The summed E-state index contributed by atoms with van der Waals surface area (Å²) >= 11 is 0. The second-order valence-corrected chi connectivity index (χ2v) is 15.0. The summed E-state index contributed by atoms with van der Waals surface area (Å²) in [7, 11) is 0. The zero-order chi connectivity index (χ0) is 36.8. The molecule has 1 amide bonds. The van der Waals surface area contributed by atoms with Crippen molar-refractivity contribution in [3.8, 4) is 0 Å². The lowest BCUT2D eigenvalue weighted by atomic mass is 10.00. The van der Waals surface area contributed by atoms with Crippen LogP contribution in [-0.4, -0.2) is 57.3 Å². The molecule has 4 unspecified atom stereocenters. The topological polar surface area (TPSA) is 110 Å². The molecule has 0 heterocycles. The van der Waals surface area contributed by atoms with E-state index in [9.17, 15) is 25.2 Å². The highest BCUT2D eigenvalue weighted by atomic mass is 16.3. The molecule has 0 fully saturated rings. The number of aliphatic hydroxyl groups excluding tert-OH is 4. The summed E-state index contributed by atoms with van der Waals surface area (Å²) in [6, 6.07) is -1.00. The molecule has 0 bridgehead atoms. The number of rotatable bonds is 39. The quantitative estimate of drug-likeness (QED) is 0.0323. The largest absolute Gasteiger partial charge is 0.394 e. The van der Waals surface area contributed by atoms with Crippen LogP contribution < -0.4 is 5.32 Å². The SMILES string of the molecule is CCCCCCC/C=C/CC/C=C/CCCC(O)C(O)C(CO)NC(=O)C(O)CCCCCCCCCCCCCCCCCCCCCC. The first-order chi connectivity index (χ1) is 24.5. The van der Waals surface area contributed by atoms with Crippen LogP contribution in [-0.2, 0) is 4.79 Å². The lowest BCUT2D eigenvalue weighted by molar-refractivity contribution is -0.132. The van der Waals surface area contributed by atoms with Gasteiger partial charge in [0.2, 0.25) is 5.91 Å². The number of nitrogens with one attached hydrogen (secondary N) is 1. The van der Waals surface area contributed by atoms with Crippen molar-refractivity contribution in [2.24, 2.45) is 0 Å². The Bertz CT molecular complexity index is 757. The summed E-state index contributed by atoms with van der Waals surface area (Å²) in [6.07, 6.45) is 43.5. The highest BCUT2D eigenvalue weighted by molar-refractivity contribution is 5.80. The number of hydrogen-bond donors (Lipinski definition) is 5. The van der Waals surface area contributed by atoms with E-state index in [4.69, 9.17) is 0 Å². The molecule has 0 saturated carbocycles. The van der Waals surface area contributed by atoms with Gasteiger partial charge in [0.15, 0.2) is 0 Å². The lowest BCUT2D eigenvalue weighted by Gasteiger charge is -2.27. The summed E-state index contributed by atoms with van der Waals surface area (Å²) in [6.45, 7) is 4.02. The molecule has 0 spiro atoms. The van der Waals surface area contributed by atoms with Gasteiger partial charge >= 0.3 is 0 Å². The van der Waals surface area contributed by atoms with Crippen molar-refractivity contribution in [1.29, 1.82) is 0 Å². The standard InChI is InChI=1S/C44H85NO5/c1-3-5-7-9-11-13-15-17-19-20-21-22-23-24-26-28-30-32-34-36-38-42(48)44(50)45-40(39-46)43(49)41(47)37-35-33-31-29-27-25-18-16-14-12-10-8-6-4-2/h16,18,29,31,40-43,46-49H,3-15,17,19-28,30,32-39H2,1-2H3,(H,45,50)/b18-16+,31-29+. The van der Waals surface area contributed by atoms with Crippen LogP contribution in [0, 0.1) is 0 Å². The molecule has 5 N–H and O–H groups in total. The average Bonchev–Trinajstić information content (AvgIpc) is 3.12. The van der Waals surface area contributed by atoms with Crippen LogP contribution in [0.1, 0.15) is 219 Å². The minimum Gasteiger partial charge on any atom is -0.394 e. The molecular weight excluding hydrogens is 622 g/mol. The fraction of sp³-hybridized carbons (Fsp3) is 0.886. The number of carbonyl (C=O) groups is 1. The van der Waals surface area contributed by atoms with E-state index < -0.39 is 36.9 Å². The van der Waals surface area contributed by atoms with Crippen LogP contribution in [0.5, 0.6) is 0 Å². The van der Waals surface area contributed by atoms with Gasteiger partial charge in [0, 0.05) is 0 Å². The molecule has 296 valence electrons. The zero-order valence-corrected chi connectivity index (χ0v) is 33.2. The zero-order valence-electron chi connectivity index (χ0n) is 33.2. The molecule has 4 atom stereocenters. The van der Waals surface area contributed by atoms with Crippen LogP contribution in [0.2, 0.25) is 0 Å². The van der Waals surface area contributed by atoms with Gasteiger partial charge in [-0.3, -0.25) is 4.79 Å². The number of hydrogen-bond acceptors (Lipinski definition) is 5. The first kappa shape index (κ1) is 48.8. The van der Waals surface area contributed by atoms with Gasteiger partial charge in [-0.15, -0.1) is 0 Å². The van der Waals surface area contributed by atoms with Crippen molar-refractivity contribution >= 4 is 5.91 Å². The molecule has 6 heteroatoms. The third kappa shape index (κ3) is 32.7. The molecule has 0 aliphatic rings. The summed E-state index contributed by atoms with van der Waals surface area (Å²) < 4.78 is 0. The van der Waals surface area contributed by atoms with Gasteiger partial charge < -0.3 is 25.7 Å². The molecule has 0 aromatic rings. The Kier molecular flexibility index (Phi) is 38.1. The monoisotopic (exact) mass is 708 g/mol.